The molecule has 0 aliphatic rings. The SMILES string of the molecule is C[C@H](OC(=O)c1ccccc1S(C)(=O)=O)C(=O)Nc1cccc(C#N)c1. The molecule has 7 nitrogen and oxygen atoms in total. The van der Waals surface area contributed by atoms with E-state index < -0.39 is 27.8 Å². The van der Waals surface area contributed by atoms with Gasteiger partial charge in [-0.25, -0.2) is 13.2 Å². The van der Waals surface area contributed by atoms with Gasteiger partial charge in [-0.1, -0.05) is 18.2 Å². The molecular weight excluding hydrogens is 356 g/mol. The lowest BCUT2D eigenvalue weighted by molar-refractivity contribution is -0.123. The van der Waals surface area contributed by atoms with E-state index in [4.69, 9.17) is 10.00 Å². The Morgan fingerprint density at radius 1 is 1.15 bits per heavy atom. The van der Waals surface area contributed by atoms with Crippen molar-refractivity contribution in [1.82, 2.24) is 0 Å². The second kappa shape index (κ2) is 7.80. The van der Waals surface area contributed by atoms with Crippen molar-refractivity contribution in [3.05, 3.63) is 59.7 Å². The van der Waals surface area contributed by atoms with Gasteiger partial charge in [-0.15, -0.1) is 0 Å². The van der Waals surface area contributed by atoms with Gasteiger partial charge in [0.2, 0.25) is 0 Å². The van der Waals surface area contributed by atoms with E-state index in [1.807, 2.05) is 6.07 Å². The summed E-state index contributed by atoms with van der Waals surface area (Å²) in [7, 11) is -3.62. The first-order valence-electron chi connectivity index (χ1n) is 7.53. The average Bonchev–Trinajstić information content (AvgIpc) is 2.61. The molecule has 2 rings (SSSR count). The Kier molecular flexibility index (Phi) is 5.75. The Morgan fingerprint density at radius 3 is 2.50 bits per heavy atom. The zero-order chi connectivity index (χ0) is 19.3. The van der Waals surface area contributed by atoms with Crippen molar-refractivity contribution >= 4 is 27.4 Å². The molecule has 0 saturated heterocycles. The number of benzene rings is 2. The van der Waals surface area contributed by atoms with Crippen molar-refractivity contribution in [2.24, 2.45) is 0 Å². The van der Waals surface area contributed by atoms with Crippen LogP contribution < -0.4 is 5.32 Å². The molecule has 26 heavy (non-hydrogen) atoms. The highest BCUT2D eigenvalue weighted by Gasteiger charge is 2.23. The van der Waals surface area contributed by atoms with Gasteiger partial charge in [0.25, 0.3) is 5.91 Å². The van der Waals surface area contributed by atoms with E-state index >= 15 is 0 Å². The Balaban J connectivity index is 2.12. The van der Waals surface area contributed by atoms with Crippen molar-refractivity contribution in [1.29, 1.82) is 5.26 Å². The summed E-state index contributed by atoms with van der Waals surface area (Å²) in [5, 5.41) is 11.4. The van der Waals surface area contributed by atoms with Gasteiger partial charge in [0.15, 0.2) is 15.9 Å². The minimum atomic E-state index is -3.62. The number of amides is 1. The first-order chi connectivity index (χ1) is 12.2. The molecule has 134 valence electrons. The van der Waals surface area contributed by atoms with Crippen LogP contribution in [0.1, 0.15) is 22.8 Å². The lowest BCUT2D eigenvalue weighted by atomic mass is 10.2. The summed E-state index contributed by atoms with van der Waals surface area (Å²) in [6, 6.07) is 13.8. The van der Waals surface area contributed by atoms with Crippen molar-refractivity contribution in [2.75, 3.05) is 11.6 Å². The summed E-state index contributed by atoms with van der Waals surface area (Å²) < 4.78 is 28.6. The van der Waals surface area contributed by atoms with Crippen LogP contribution in [0.15, 0.2) is 53.4 Å². The minimum Gasteiger partial charge on any atom is -0.449 e. The molecule has 1 atom stereocenters. The van der Waals surface area contributed by atoms with Gasteiger partial charge in [0.1, 0.15) is 0 Å². The van der Waals surface area contributed by atoms with Gasteiger partial charge in [0.05, 0.1) is 22.1 Å². The Labute approximate surface area is 151 Å². The van der Waals surface area contributed by atoms with E-state index in [0.29, 0.717) is 11.3 Å². The fraction of sp³-hybridized carbons (Fsp3) is 0.167. The number of carbonyl (C=O) groups is 2. The van der Waals surface area contributed by atoms with Gasteiger partial charge >= 0.3 is 5.97 Å². The highest BCUT2D eigenvalue weighted by atomic mass is 32.2. The van der Waals surface area contributed by atoms with Crippen LogP contribution in [-0.2, 0) is 19.4 Å². The van der Waals surface area contributed by atoms with E-state index in [1.165, 1.54) is 37.3 Å². The molecule has 0 aliphatic carbocycles. The van der Waals surface area contributed by atoms with E-state index in [-0.39, 0.29) is 10.5 Å². The molecule has 2 aromatic carbocycles. The lowest BCUT2D eigenvalue weighted by Gasteiger charge is -2.14. The number of sulfone groups is 1. The third-order valence-corrected chi connectivity index (χ3v) is 4.57. The van der Waals surface area contributed by atoms with Gasteiger partial charge < -0.3 is 10.1 Å². The predicted octanol–water partition coefficient (Wildman–Crippen LogP) is 2.15. The molecule has 1 amide bonds. The number of hydrogen-bond acceptors (Lipinski definition) is 6. The number of ether oxygens (including phenoxy) is 1. The normalized spacial score (nSPS) is 11.9. The summed E-state index contributed by atoms with van der Waals surface area (Å²) >= 11 is 0. The van der Waals surface area contributed by atoms with Crippen LogP contribution in [0.3, 0.4) is 0 Å². The van der Waals surface area contributed by atoms with E-state index in [0.717, 1.165) is 6.26 Å². The highest BCUT2D eigenvalue weighted by Crippen LogP contribution is 2.17. The lowest BCUT2D eigenvalue weighted by Crippen LogP contribution is -2.30. The fourth-order valence-corrected chi connectivity index (χ4v) is 3.02. The molecule has 0 radical (unpaired) electrons. The molecule has 0 bridgehead atoms. The van der Waals surface area contributed by atoms with Gasteiger partial charge in [0, 0.05) is 11.9 Å². The highest BCUT2D eigenvalue weighted by molar-refractivity contribution is 7.90. The van der Waals surface area contributed by atoms with Crippen LogP contribution in [0.25, 0.3) is 0 Å². The molecule has 0 heterocycles. The zero-order valence-electron chi connectivity index (χ0n) is 14.1. The van der Waals surface area contributed by atoms with E-state index in [2.05, 4.69) is 5.32 Å². The van der Waals surface area contributed by atoms with Crippen LogP contribution in [0, 0.1) is 11.3 Å². The third-order valence-electron chi connectivity index (χ3n) is 3.42. The summed E-state index contributed by atoms with van der Waals surface area (Å²) in [5.41, 5.74) is 0.615. The van der Waals surface area contributed by atoms with Gasteiger partial charge in [-0.2, -0.15) is 5.26 Å². The molecule has 0 unspecified atom stereocenters. The first-order valence-corrected chi connectivity index (χ1v) is 9.42. The second-order valence-electron chi connectivity index (χ2n) is 5.50. The number of hydrogen-bond donors (Lipinski definition) is 1. The Morgan fingerprint density at radius 2 is 1.85 bits per heavy atom. The number of carbonyl (C=O) groups excluding carboxylic acids is 2. The fourth-order valence-electron chi connectivity index (χ4n) is 2.15. The Bertz CT molecular complexity index is 993. The van der Waals surface area contributed by atoms with E-state index in [9.17, 15) is 18.0 Å². The molecule has 8 heteroatoms. The zero-order valence-corrected chi connectivity index (χ0v) is 14.9. The number of nitrogens with one attached hydrogen (secondary N) is 1. The molecule has 0 saturated carbocycles. The maximum Gasteiger partial charge on any atom is 0.340 e. The smallest absolute Gasteiger partial charge is 0.340 e. The van der Waals surface area contributed by atoms with Crippen LogP contribution in [0.4, 0.5) is 5.69 Å². The molecule has 0 aliphatic heterocycles. The summed E-state index contributed by atoms with van der Waals surface area (Å²) in [6.07, 6.45) is -0.182. The number of esters is 1. The van der Waals surface area contributed by atoms with Crippen LogP contribution in [-0.4, -0.2) is 32.7 Å². The topological polar surface area (TPSA) is 113 Å². The average molecular weight is 372 g/mol. The largest absolute Gasteiger partial charge is 0.449 e. The number of nitrogens with zero attached hydrogens (tertiary/aromatic N) is 1. The Hall–Kier alpha value is -3.18. The maximum atomic E-state index is 12.3. The van der Waals surface area contributed by atoms with E-state index in [1.54, 1.807) is 18.2 Å². The number of rotatable bonds is 5. The molecule has 0 spiro atoms. The maximum absolute atomic E-state index is 12.3. The molecule has 1 N–H and O–H groups in total. The second-order valence-corrected chi connectivity index (χ2v) is 7.48. The van der Waals surface area contributed by atoms with Crippen LogP contribution >= 0.6 is 0 Å². The van der Waals surface area contributed by atoms with Crippen molar-refractivity contribution < 1.29 is 22.7 Å². The standard InChI is InChI=1S/C18H16N2O5S/c1-12(17(21)20-14-7-5-6-13(10-14)11-19)25-18(22)15-8-3-4-9-16(15)26(2,23)24/h3-10,12H,1-2H3,(H,20,21)/t12-/m0/s1. The first kappa shape index (κ1) is 19.1. The van der Waals surface area contributed by atoms with Crippen LogP contribution in [0.2, 0.25) is 0 Å². The third kappa shape index (κ3) is 4.68. The minimum absolute atomic E-state index is 0.138. The summed E-state index contributed by atoms with van der Waals surface area (Å²) in [5.74, 6) is -1.52. The van der Waals surface area contributed by atoms with Crippen LogP contribution in [0.5, 0.6) is 0 Å². The molecule has 0 fully saturated rings. The molecular formula is C18H16N2O5S. The summed E-state index contributed by atoms with van der Waals surface area (Å²) in [4.78, 5) is 24.3. The quantitative estimate of drug-likeness (QED) is 0.805. The van der Waals surface area contributed by atoms with Crippen molar-refractivity contribution in [3.63, 3.8) is 0 Å². The molecule has 2 aromatic rings. The van der Waals surface area contributed by atoms with Gasteiger partial charge in [-0.3, -0.25) is 4.79 Å². The predicted molar refractivity (Wildman–Crippen MR) is 94.2 cm³/mol. The number of nitriles is 1. The van der Waals surface area contributed by atoms with Crippen molar-refractivity contribution in [2.45, 2.75) is 17.9 Å². The molecule has 0 aromatic heterocycles. The monoisotopic (exact) mass is 372 g/mol. The number of anilines is 1. The van der Waals surface area contributed by atoms with Gasteiger partial charge in [-0.05, 0) is 37.3 Å². The van der Waals surface area contributed by atoms with Crippen molar-refractivity contribution in [3.8, 4) is 6.07 Å². The summed E-state index contributed by atoms with van der Waals surface area (Å²) in [6.45, 7) is 1.37.